The number of H-pyrrole nitrogens is 2. The fourth-order valence-electron chi connectivity index (χ4n) is 8.97. The zero-order valence-corrected chi connectivity index (χ0v) is 33.9. The van der Waals surface area contributed by atoms with Crippen LogP contribution in [-0.4, -0.2) is 93.1 Å². The van der Waals surface area contributed by atoms with Crippen LogP contribution in [0.3, 0.4) is 0 Å². The second-order valence-electron chi connectivity index (χ2n) is 16.4. The summed E-state index contributed by atoms with van der Waals surface area (Å²) in [5.41, 5.74) is 9.24. The molecule has 4 aliphatic rings. The minimum absolute atomic E-state index is 0.111. The van der Waals surface area contributed by atoms with Gasteiger partial charge in [0.1, 0.15) is 36.1 Å². The first-order chi connectivity index (χ1) is 27.9. The first kappa shape index (κ1) is 39.0. The second kappa shape index (κ2) is 15.8. The summed E-state index contributed by atoms with van der Waals surface area (Å²) in [5, 5.41) is 5.43. The molecule has 4 amide bonds. The van der Waals surface area contributed by atoms with Gasteiger partial charge in [0.15, 0.2) is 0 Å². The minimum Gasteiger partial charge on any atom is -0.488 e. The van der Waals surface area contributed by atoms with Crippen LogP contribution in [0.5, 0.6) is 5.75 Å². The van der Waals surface area contributed by atoms with E-state index >= 15 is 0 Å². The van der Waals surface area contributed by atoms with Crippen LogP contribution in [0, 0.1) is 11.8 Å². The molecule has 0 bridgehead atoms. The fraction of sp³-hybridized carbons (Fsp3) is 0.488. The third kappa shape index (κ3) is 7.15. The number of fused-ring (bicyclic) bond motifs is 6. The molecule has 0 spiro atoms. The largest absolute Gasteiger partial charge is 0.488 e. The van der Waals surface area contributed by atoms with Crippen molar-refractivity contribution in [2.45, 2.75) is 97.0 Å². The molecule has 15 nitrogen and oxygen atoms in total. The number of alkyl carbamates (subject to hydrolysis) is 2. The lowest BCUT2D eigenvalue weighted by Crippen LogP contribution is -2.51. The van der Waals surface area contributed by atoms with Crippen LogP contribution >= 0.6 is 0 Å². The van der Waals surface area contributed by atoms with Crippen LogP contribution in [0.1, 0.15) is 93.9 Å². The van der Waals surface area contributed by atoms with Crippen LogP contribution in [0.25, 0.3) is 33.6 Å². The van der Waals surface area contributed by atoms with Crippen molar-refractivity contribution in [2.75, 3.05) is 27.3 Å². The Labute approximate surface area is 337 Å². The number of imidazole rings is 2. The second-order valence-corrected chi connectivity index (χ2v) is 16.4. The maximum absolute atomic E-state index is 13.8. The van der Waals surface area contributed by atoms with Crippen LogP contribution in [0.2, 0.25) is 0 Å². The zero-order chi connectivity index (χ0) is 40.8. The number of hydrogen-bond acceptors (Lipinski definition) is 9. The molecule has 15 heteroatoms. The van der Waals surface area contributed by atoms with E-state index < -0.39 is 24.3 Å². The lowest BCUT2D eigenvalue weighted by molar-refractivity contribution is -0.136. The van der Waals surface area contributed by atoms with Crippen molar-refractivity contribution >= 4 is 24.0 Å². The highest BCUT2D eigenvalue weighted by molar-refractivity contribution is 5.88. The van der Waals surface area contributed by atoms with Crippen molar-refractivity contribution in [2.24, 2.45) is 11.8 Å². The monoisotopic (exact) mass is 792 g/mol. The van der Waals surface area contributed by atoms with Crippen molar-refractivity contribution in [1.82, 2.24) is 40.4 Å². The number of hydrogen-bond donors (Lipinski definition) is 4. The Bertz CT molecular complexity index is 2240. The van der Waals surface area contributed by atoms with E-state index in [9.17, 15) is 19.2 Å². The van der Waals surface area contributed by atoms with E-state index in [2.05, 4.69) is 50.9 Å². The van der Waals surface area contributed by atoms with Gasteiger partial charge in [0.25, 0.3) is 0 Å². The molecule has 306 valence electrons. The van der Waals surface area contributed by atoms with E-state index in [1.807, 2.05) is 43.7 Å². The van der Waals surface area contributed by atoms with Gasteiger partial charge in [0.05, 0.1) is 43.9 Å². The van der Waals surface area contributed by atoms with E-state index in [0.29, 0.717) is 19.7 Å². The van der Waals surface area contributed by atoms with Gasteiger partial charge in [-0.25, -0.2) is 19.6 Å². The molecule has 4 atom stereocenters. The van der Waals surface area contributed by atoms with E-state index in [1.54, 1.807) is 0 Å². The third-order valence-corrected chi connectivity index (χ3v) is 12.1. The van der Waals surface area contributed by atoms with Crippen LogP contribution in [0.15, 0.2) is 36.5 Å². The standard InChI is InChI=1S/C43H52N8O7/c1-22(2)35(48-42(54)56-5)40(52)50-15-7-9-32(50)38-44-20-31(46-38)25-11-13-27-26(17-25)21-58-34-19-28-24(18-29(27)34)12-14-30-37(28)47-39(45-30)33-10-8-16-51(33)41(53)36(23(3)4)49-43(55)57-6/h11,13,17-20,22-23,32-33,35-36H,7-10,12,14-16,21H2,1-6H3,(H,44,46)(H,45,47)(H,48,54)(H,49,55). The predicted octanol–water partition coefficient (Wildman–Crippen LogP) is 6.21. The molecule has 2 fully saturated rings. The number of aromatic nitrogens is 4. The van der Waals surface area contributed by atoms with Gasteiger partial charge in [-0.05, 0) is 90.8 Å². The summed E-state index contributed by atoms with van der Waals surface area (Å²) in [4.78, 5) is 72.1. The number of carbonyl (C=O) groups excluding carboxylic acids is 4. The molecule has 3 aliphatic heterocycles. The van der Waals surface area contributed by atoms with Gasteiger partial charge in [-0.15, -0.1) is 0 Å². The molecule has 2 saturated heterocycles. The van der Waals surface area contributed by atoms with Gasteiger partial charge >= 0.3 is 12.2 Å². The van der Waals surface area contributed by atoms with E-state index in [4.69, 9.17) is 24.2 Å². The maximum atomic E-state index is 13.8. The highest BCUT2D eigenvalue weighted by Crippen LogP contribution is 2.45. The number of rotatable bonds is 9. The molecule has 1 aliphatic carbocycles. The Kier molecular flexibility index (Phi) is 10.6. The smallest absolute Gasteiger partial charge is 0.407 e. The third-order valence-electron chi connectivity index (χ3n) is 12.1. The van der Waals surface area contributed by atoms with Gasteiger partial charge in [-0.2, -0.15) is 0 Å². The molecular formula is C43H52N8O7. The summed E-state index contributed by atoms with van der Waals surface area (Å²) >= 11 is 0. The molecule has 0 radical (unpaired) electrons. The number of likely N-dealkylation sites (tertiary alicyclic amines) is 2. The normalized spacial score (nSPS) is 19.1. The summed E-state index contributed by atoms with van der Waals surface area (Å²) in [6.45, 7) is 9.22. The number of benzene rings is 2. The van der Waals surface area contributed by atoms with Gasteiger partial charge in [0, 0.05) is 29.9 Å². The Morgan fingerprint density at radius 2 is 1.41 bits per heavy atom. The summed E-state index contributed by atoms with van der Waals surface area (Å²) < 4.78 is 16.0. The van der Waals surface area contributed by atoms with Crippen molar-refractivity contribution in [3.05, 3.63) is 65.0 Å². The maximum Gasteiger partial charge on any atom is 0.407 e. The van der Waals surface area contributed by atoms with Gasteiger partial charge < -0.3 is 44.6 Å². The number of carbonyl (C=O) groups is 4. The number of nitrogens with zero attached hydrogens (tertiary/aromatic N) is 4. The van der Waals surface area contributed by atoms with Crippen LogP contribution < -0.4 is 15.4 Å². The Morgan fingerprint density at radius 3 is 2.03 bits per heavy atom. The van der Waals surface area contributed by atoms with E-state index in [1.165, 1.54) is 19.8 Å². The summed E-state index contributed by atoms with van der Waals surface area (Å²) in [5.74, 6) is 1.79. The number of nitrogens with one attached hydrogen (secondary N) is 4. The first-order valence-electron chi connectivity index (χ1n) is 20.3. The van der Waals surface area contributed by atoms with Gasteiger partial charge in [-0.3, -0.25) is 9.59 Å². The first-order valence-corrected chi connectivity index (χ1v) is 20.3. The Morgan fingerprint density at radius 1 is 0.776 bits per heavy atom. The average Bonchev–Trinajstić information content (AvgIpc) is 4.06. The van der Waals surface area contributed by atoms with Crippen molar-refractivity contribution in [1.29, 1.82) is 0 Å². The topological polar surface area (TPSA) is 184 Å². The summed E-state index contributed by atoms with van der Waals surface area (Å²) in [6, 6.07) is 8.88. The number of methoxy groups -OCH3 is 2. The van der Waals surface area contributed by atoms with E-state index in [0.717, 1.165) is 101 Å². The average molecular weight is 793 g/mol. The number of aromatic amines is 2. The lowest BCUT2D eigenvalue weighted by atomic mass is 9.86. The molecule has 58 heavy (non-hydrogen) atoms. The van der Waals surface area contributed by atoms with Crippen LogP contribution in [-0.2, 0) is 38.5 Å². The summed E-state index contributed by atoms with van der Waals surface area (Å²) in [6.07, 6.45) is 5.45. The highest BCUT2D eigenvalue weighted by atomic mass is 16.5. The number of amides is 4. The van der Waals surface area contributed by atoms with Gasteiger partial charge in [-0.1, -0.05) is 39.8 Å². The highest BCUT2D eigenvalue weighted by Gasteiger charge is 2.40. The Balaban J connectivity index is 1.01. The lowest BCUT2D eigenvalue weighted by Gasteiger charge is -2.30. The molecule has 4 aromatic rings. The molecule has 4 unspecified atom stereocenters. The number of ether oxygens (including phenoxy) is 3. The predicted molar refractivity (Wildman–Crippen MR) is 214 cm³/mol. The Hall–Kier alpha value is -5.86. The molecule has 4 N–H and O–H groups in total. The van der Waals surface area contributed by atoms with Gasteiger partial charge in [0.2, 0.25) is 11.8 Å². The van der Waals surface area contributed by atoms with Crippen molar-refractivity contribution in [3.63, 3.8) is 0 Å². The SMILES string of the molecule is COC(=O)NC(C(=O)N1CCCC1c1ncc(-c2ccc3c(c2)COc2cc4c(cc2-3)CCc2[nH]c(C3CCCN3C(=O)C(NC(=O)OC)C(C)C)nc2-4)[nH]1)C(C)C. The van der Waals surface area contributed by atoms with Crippen LogP contribution in [0.4, 0.5) is 9.59 Å². The fourth-order valence-corrected chi connectivity index (χ4v) is 8.97. The summed E-state index contributed by atoms with van der Waals surface area (Å²) in [7, 11) is 2.59. The molecule has 5 heterocycles. The van der Waals surface area contributed by atoms with E-state index in [-0.39, 0.29) is 35.7 Å². The minimum atomic E-state index is -0.697. The zero-order valence-electron chi connectivity index (χ0n) is 33.9. The molecule has 8 rings (SSSR count). The van der Waals surface area contributed by atoms with Crippen molar-refractivity contribution < 1.29 is 33.4 Å². The quantitative estimate of drug-likeness (QED) is 0.153. The molecular weight excluding hydrogens is 741 g/mol. The molecule has 2 aromatic heterocycles. The molecule has 0 saturated carbocycles. The van der Waals surface area contributed by atoms with Crippen molar-refractivity contribution in [3.8, 4) is 39.4 Å². The molecule has 2 aromatic carbocycles. The number of aryl methyl sites for hydroxylation is 2.